The Morgan fingerprint density at radius 1 is 1.30 bits per heavy atom. The summed E-state index contributed by atoms with van der Waals surface area (Å²) in [6.45, 7) is 2.70. The molecule has 0 aliphatic rings. The fourth-order valence-electron chi connectivity index (χ4n) is 2.07. The van der Waals surface area contributed by atoms with Gasteiger partial charge in [0.1, 0.15) is 4.90 Å². The number of pyridine rings is 1. The number of aryl methyl sites for hydroxylation is 1. The Bertz CT molecular complexity index is 886. The summed E-state index contributed by atoms with van der Waals surface area (Å²) in [5.74, 6) is 0.615. The van der Waals surface area contributed by atoms with Gasteiger partial charge in [0.25, 0.3) is 0 Å². The molecule has 0 aromatic carbocycles. The van der Waals surface area contributed by atoms with E-state index in [0.29, 0.717) is 5.82 Å². The zero-order valence-electron chi connectivity index (χ0n) is 12.4. The third-order valence-electron chi connectivity index (χ3n) is 3.23. The molecule has 0 amide bonds. The number of sulfonamides is 1. The molecule has 3 heterocycles. The number of rotatable bonds is 6. The molecule has 0 radical (unpaired) electrons. The molecule has 3 rings (SSSR count). The maximum absolute atomic E-state index is 12.1. The maximum Gasteiger partial charge on any atom is 0.242 e. The average molecular weight is 333 g/mol. The lowest BCUT2D eigenvalue weighted by atomic mass is 10.4. The highest BCUT2D eigenvalue weighted by Gasteiger charge is 2.17. The van der Waals surface area contributed by atoms with Gasteiger partial charge >= 0.3 is 0 Å². The van der Waals surface area contributed by atoms with Crippen LogP contribution in [-0.4, -0.2) is 28.1 Å². The van der Waals surface area contributed by atoms with Gasteiger partial charge < -0.3 is 9.09 Å². The first-order valence-corrected chi connectivity index (χ1v) is 8.46. The monoisotopic (exact) mass is 333 g/mol. The minimum Gasteiger partial charge on any atom is -0.345 e. The van der Waals surface area contributed by atoms with Gasteiger partial charge in [0.05, 0.1) is 12.2 Å². The van der Waals surface area contributed by atoms with E-state index in [4.69, 9.17) is 4.52 Å². The zero-order chi connectivity index (χ0) is 16.3. The van der Waals surface area contributed by atoms with Gasteiger partial charge in [-0.3, -0.25) is 4.98 Å². The zero-order valence-corrected chi connectivity index (χ0v) is 13.2. The molecule has 9 heteroatoms. The van der Waals surface area contributed by atoms with E-state index in [1.807, 2.05) is 29.8 Å². The second-order valence-corrected chi connectivity index (χ2v) is 6.47. The molecule has 1 N–H and O–H groups in total. The van der Waals surface area contributed by atoms with Crippen molar-refractivity contribution in [1.29, 1.82) is 0 Å². The summed E-state index contributed by atoms with van der Waals surface area (Å²) in [6.07, 6.45) is 4.69. The summed E-state index contributed by atoms with van der Waals surface area (Å²) < 4.78 is 33.7. The summed E-state index contributed by atoms with van der Waals surface area (Å²) in [4.78, 5) is 8.09. The van der Waals surface area contributed by atoms with Crippen LogP contribution >= 0.6 is 0 Å². The van der Waals surface area contributed by atoms with Gasteiger partial charge in [-0.05, 0) is 31.2 Å². The van der Waals surface area contributed by atoms with Gasteiger partial charge in [-0.25, -0.2) is 13.1 Å². The van der Waals surface area contributed by atoms with E-state index in [9.17, 15) is 8.42 Å². The molecule has 0 bridgehead atoms. The quantitative estimate of drug-likeness (QED) is 0.732. The number of hydrogen-bond donors (Lipinski definition) is 1. The summed E-state index contributed by atoms with van der Waals surface area (Å²) in [5.41, 5.74) is 0.817. The van der Waals surface area contributed by atoms with Crippen LogP contribution in [-0.2, 0) is 23.1 Å². The van der Waals surface area contributed by atoms with E-state index < -0.39 is 10.0 Å². The number of aromatic nitrogens is 4. The van der Waals surface area contributed by atoms with E-state index >= 15 is 0 Å². The fraction of sp³-hybridized carbons (Fsp3) is 0.214. The highest BCUT2D eigenvalue weighted by molar-refractivity contribution is 7.89. The highest BCUT2D eigenvalue weighted by atomic mass is 32.2. The summed E-state index contributed by atoms with van der Waals surface area (Å²) in [7, 11) is -3.66. The Morgan fingerprint density at radius 2 is 2.17 bits per heavy atom. The van der Waals surface area contributed by atoms with Gasteiger partial charge in [0.2, 0.25) is 21.7 Å². The number of nitrogens with one attached hydrogen (secondary N) is 1. The molecule has 0 atom stereocenters. The molecule has 3 aromatic heterocycles. The first-order valence-electron chi connectivity index (χ1n) is 6.98. The van der Waals surface area contributed by atoms with Gasteiger partial charge in [-0.15, -0.1) is 0 Å². The first kappa shape index (κ1) is 15.4. The molecular formula is C14H15N5O3S. The van der Waals surface area contributed by atoms with Crippen LogP contribution in [0.15, 0.2) is 52.3 Å². The molecule has 0 saturated carbocycles. The molecule has 0 saturated heterocycles. The van der Waals surface area contributed by atoms with Crippen molar-refractivity contribution in [2.45, 2.75) is 24.9 Å². The predicted molar refractivity (Wildman–Crippen MR) is 81.7 cm³/mol. The van der Waals surface area contributed by atoms with Crippen molar-refractivity contribution in [2.24, 2.45) is 0 Å². The van der Waals surface area contributed by atoms with Crippen molar-refractivity contribution < 1.29 is 12.9 Å². The highest BCUT2D eigenvalue weighted by Crippen LogP contribution is 2.17. The molecule has 120 valence electrons. The molecule has 0 aliphatic carbocycles. The second kappa shape index (κ2) is 6.31. The van der Waals surface area contributed by atoms with Crippen LogP contribution < -0.4 is 4.72 Å². The minimum absolute atomic E-state index is 0.0830. The largest absolute Gasteiger partial charge is 0.345 e. The third-order valence-corrected chi connectivity index (χ3v) is 4.61. The summed E-state index contributed by atoms with van der Waals surface area (Å²) >= 11 is 0. The van der Waals surface area contributed by atoms with Crippen molar-refractivity contribution in [1.82, 2.24) is 24.4 Å². The van der Waals surface area contributed by atoms with E-state index in [1.165, 1.54) is 18.5 Å². The lowest BCUT2D eigenvalue weighted by molar-refractivity contribution is 0.375. The van der Waals surface area contributed by atoms with Crippen LogP contribution in [0.5, 0.6) is 0 Å². The van der Waals surface area contributed by atoms with E-state index in [1.54, 1.807) is 6.07 Å². The normalized spacial score (nSPS) is 11.7. The van der Waals surface area contributed by atoms with Crippen LogP contribution in [0.4, 0.5) is 0 Å². The van der Waals surface area contributed by atoms with E-state index in [2.05, 4.69) is 19.8 Å². The smallest absolute Gasteiger partial charge is 0.242 e. The topological polar surface area (TPSA) is 103 Å². The molecule has 0 unspecified atom stereocenters. The summed E-state index contributed by atoms with van der Waals surface area (Å²) in [6, 6.07) is 6.78. The summed E-state index contributed by atoms with van der Waals surface area (Å²) in [5, 5.41) is 3.89. The SMILES string of the molecule is CCn1cccc1-c1noc(CNS(=O)(=O)c2cccnc2)n1. The van der Waals surface area contributed by atoms with E-state index in [0.717, 1.165) is 12.2 Å². The maximum atomic E-state index is 12.1. The molecule has 0 spiro atoms. The first-order chi connectivity index (χ1) is 11.1. The van der Waals surface area contributed by atoms with Crippen molar-refractivity contribution in [3.05, 3.63) is 48.7 Å². The standard InChI is InChI=1S/C14H15N5O3S/c1-2-19-8-4-6-12(19)14-17-13(22-18-14)10-16-23(20,21)11-5-3-7-15-9-11/h3-9,16H,2,10H2,1H3. The van der Waals surface area contributed by atoms with Crippen LogP contribution in [0.25, 0.3) is 11.5 Å². The van der Waals surface area contributed by atoms with Crippen molar-refractivity contribution in [2.75, 3.05) is 0 Å². The predicted octanol–water partition coefficient (Wildman–Crippen LogP) is 1.43. The third kappa shape index (κ3) is 3.30. The van der Waals surface area contributed by atoms with E-state index in [-0.39, 0.29) is 17.3 Å². The van der Waals surface area contributed by atoms with Gasteiger partial charge in [-0.2, -0.15) is 4.98 Å². The van der Waals surface area contributed by atoms with Crippen molar-refractivity contribution >= 4 is 10.0 Å². The fourth-order valence-corrected chi connectivity index (χ4v) is 3.01. The number of hydrogen-bond acceptors (Lipinski definition) is 6. The molecule has 0 aliphatic heterocycles. The van der Waals surface area contributed by atoms with Crippen molar-refractivity contribution in [3.8, 4) is 11.5 Å². The Morgan fingerprint density at radius 3 is 2.91 bits per heavy atom. The molecule has 23 heavy (non-hydrogen) atoms. The molecule has 8 nitrogen and oxygen atoms in total. The Kier molecular flexibility index (Phi) is 4.22. The Balaban J connectivity index is 1.73. The molecule has 3 aromatic rings. The second-order valence-electron chi connectivity index (χ2n) is 4.70. The van der Waals surface area contributed by atoms with Crippen molar-refractivity contribution in [3.63, 3.8) is 0 Å². The van der Waals surface area contributed by atoms with Crippen LogP contribution in [0, 0.1) is 0 Å². The van der Waals surface area contributed by atoms with Crippen LogP contribution in [0.1, 0.15) is 12.8 Å². The lowest BCUT2D eigenvalue weighted by Crippen LogP contribution is -2.23. The Labute approximate surface area is 133 Å². The minimum atomic E-state index is -3.66. The van der Waals surface area contributed by atoms with Gasteiger partial charge in [0, 0.05) is 25.1 Å². The molecule has 0 fully saturated rings. The lowest BCUT2D eigenvalue weighted by Gasteiger charge is -2.03. The average Bonchev–Trinajstić information content (AvgIpc) is 3.22. The van der Waals surface area contributed by atoms with Crippen LogP contribution in [0.2, 0.25) is 0 Å². The number of nitrogens with zero attached hydrogens (tertiary/aromatic N) is 4. The van der Waals surface area contributed by atoms with Crippen LogP contribution in [0.3, 0.4) is 0 Å². The van der Waals surface area contributed by atoms with Gasteiger partial charge in [-0.1, -0.05) is 5.16 Å². The Hall–Kier alpha value is -2.52. The van der Waals surface area contributed by atoms with Gasteiger partial charge in [0.15, 0.2) is 0 Å². The molecular weight excluding hydrogens is 318 g/mol.